The zero-order chi connectivity index (χ0) is 81.5. The van der Waals surface area contributed by atoms with Gasteiger partial charge in [-0.15, -0.1) is 24.9 Å². The van der Waals surface area contributed by atoms with Gasteiger partial charge in [0.25, 0.3) is 0 Å². The van der Waals surface area contributed by atoms with Crippen molar-refractivity contribution < 1.29 is 88.3 Å². The van der Waals surface area contributed by atoms with Gasteiger partial charge in [-0.3, -0.25) is 14.1 Å². The number of aromatic nitrogens is 13. The van der Waals surface area contributed by atoms with E-state index >= 15 is 0 Å². The minimum Gasteiger partial charge on any atom is -1.00 e. The summed E-state index contributed by atoms with van der Waals surface area (Å²) in [5.41, 5.74) is 36.5. The molecule has 5 aromatic heterocycles. The molecule has 9 rings (SSSR count). The smallest absolute Gasteiger partial charge is 0.338 e. The van der Waals surface area contributed by atoms with Crippen molar-refractivity contribution in [1.29, 1.82) is 1.28 Å². The highest BCUT2D eigenvalue weighted by atomic mass is 35.5. The van der Waals surface area contributed by atoms with Gasteiger partial charge < -0.3 is 123 Å². The Morgan fingerprint density at radius 1 is 0.536 bits per heavy atom. The molecular weight excluding hydrogens is 1520 g/mol. The quantitative estimate of drug-likeness (QED) is 0.0166. The molecule has 41 heteroatoms. The number of anilines is 5. The first-order chi connectivity index (χ1) is 53.4. The first kappa shape index (κ1) is 96.5. The summed E-state index contributed by atoms with van der Waals surface area (Å²) in [6, 6.07) is 8.46. The summed E-state index contributed by atoms with van der Waals surface area (Å²) in [6.07, 6.45) is 14.8. The van der Waals surface area contributed by atoms with Crippen LogP contribution in [0.3, 0.4) is 0 Å². The molecular formula is C71H115Cl2N22O16P. The average molecular weight is 1640 g/mol. The number of halogens is 2. The molecule has 7 heterocycles. The number of rotatable bonds is 37. The second kappa shape index (κ2) is 55.7. The highest BCUT2D eigenvalue weighted by Crippen LogP contribution is 2.41. The van der Waals surface area contributed by atoms with E-state index in [1.807, 2.05) is 12.1 Å². The molecule has 0 bridgehead atoms. The zero-order valence-electron chi connectivity index (χ0n) is 66.8. The van der Waals surface area contributed by atoms with Gasteiger partial charge in [-0.2, -0.15) is 29.9 Å². The number of unbranched alkanes of at least 4 members (excludes halogenated alkanes) is 8. The number of ketones is 2. The monoisotopic (exact) mass is 1630 g/mol. The van der Waals surface area contributed by atoms with Crippen molar-refractivity contribution in [2.24, 2.45) is 11.2 Å². The number of hydrogen-bond acceptors (Lipinski definition) is 37. The first-order valence-electron chi connectivity index (χ1n) is 35.7. The minimum atomic E-state index is -0.870. The van der Waals surface area contributed by atoms with Crippen molar-refractivity contribution in [2.45, 2.75) is 97.3 Å². The Bertz CT molecular complexity index is 3770. The molecule has 7 aromatic rings. The van der Waals surface area contributed by atoms with Crippen molar-refractivity contribution in [2.75, 3.05) is 199 Å². The molecule has 0 radical (unpaired) electrons. The number of quaternary nitrogens is 1. The van der Waals surface area contributed by atoms with Gasteiger partial charge in [-0.1, -0.05) is 54.6 Å². The number of morpholine rings is 2. The highest BCUT2D eigenvalue weighted by molar-refractivity contribution is 7.34. The first-order valence-corrected chi connectivity index (χ1v) is 37.0. The van der Waals surface area contributed by atoms with Gasteiger partial charge >= 0.3 is 42.0 Å². The molecule has 0 amide bonds. The van der Waals surface area contributed by atoms with Gasteiger partial charge in [0, 0.05) is 68.8 Å². The lowest BCUT2D eigenvalue weighted by Gasteiger charge is -2.34. The molecule has 0 saturated carbocycles. The number of carbonyl (C=O) groups is 2. The normalized spacial score (nSPS) is 12.8. The number of hydrogen-bond donors (Lipinski definition) is 7. The van der Waals surface area contributed by atoms with E-state index in [0.717, 1.165) is 127 Å². The van der Waals surface area contributed by atoms with E-state index < -0.39 is 8.68 Å². The van der Waals surface area contributed by atoms with Crippen LogP contribution in [0.25, 0.3) is 0 Å². The summed E-state index contributed by atoms with van der Waals surface area (Å²) < 4.78 is 80.7. The van der Waals surface area contributed by atoms with Crippen LogP contribution in [0.4, 0.5) is 35.4 Å². The van der Waals surface area contributed by atoms with Crippen molar-refractivity contribution in [1.82, 2.24) is 74.2 Å². The maximum Gasteiger partial charge on any atom is 0.338 e. The molecule has 38 nitrogen and oxygen atoms in total. The highest BCUT2D eigenvalue weighted by Gasteiger charge is 2.33. The summed E-state index contributed by atoms with van der Waals surface area (Å²) in [4.78, 5) is 78.8. The summed E-state index contributed by atoms with van der Waals surface area (Å²) in [7, 11) is 18.3. The van der Waals surface area contributed by atoms with Crippen LogP contribution in [-0.2, 0) is 31.9 Å². The number of Topliss-reactive ketones (excluding diaryl/α,β-unsaturated/α-hetero) is 2. The maximum atomic E-state index is 12.5. The van der Waals surface area contributed by atoms with E-state index in [0.29, 0.717) is 114 Å². The number of nitrogens with zero attached hydrogens (tertiary/aromatic N) is 15. The summed E-state index contributed by atoms with van der Waals surface area (Å²) in [5, 5.41) is 3.19. The molecule has 1 atom stereocenters. The van der Waals surface area contributed by atoms with Crippen molar-refractivity contribution >= 4 is 67.3 Å². The van der Waals surface area contributed by atoms with Crippen LogP contribution < -0.4 is 113 Å². The van der Waals surface area contributed by atoms with E-state index in [4.69, 9.17) is 113 Å². The van der Waals surface area contributed by atoms with Gasteiger partial charge in [0.2, 0.25) is 34.6 Å². The third-order valence-electron chi connectivity index (χ3n) is 16.0. The molecule has 2 fully saturated rings. The van der Waals surface area contributed by atoms with Crippen LogP contribution in [0.2, 0.25) is 5.28 Å². The van der Waals surface area contributed by atoms with Crippen molar-refractivity contribution in [3.63, 3.8) is 0 Å². The molecule has 0 aliphatic carbocycles. The molecule has 2 aliphatic rings. The molecule has 2 aliphatic heterocycles. The van der Waals surface area contributed by atoms with Gasteiger partial charge in [0.05, 0.1) is 106 Å². The number of nitrogens with two attached hydrogens (primary N) is 6. The Balaban J connectivity index is 0.000000523. The standard InChI is InChI=1S/C27H38N8O6.C22H33N5O4.C10H17N4O3.C5H6ClN3O2.C5H11NO.CH6NP.CH4.ClH/c1-37-20-13-17(12-18-15-31-24(29)32-23(18)28)14-21(38-2)22(20)41-16-19(36)10-8-6-5-7-9-11-30-25-33-26(39-3)35-27(34-25)40-4;1-29-18-11-15(10-16-13-26-22(25)27-21(16)24)12-19(30-2)20(18)31-14-17(28)8-6-4-3-5-7-9-23;1-14(4-6-17-7-5-14)8-11-9(15-2)13-10(12-8)16-3;1-10-4-7-3(6)8-5(9-4)11-2;1-6-2-4-7-5-3-6;1-3-2;;/h13-15H,5-12,16H2,1-4H3,(H4,28,29,31,32)(H,30,33,34,35);11-13H,3-10,14,23H2,1-2H3,(H4,24,25,26,27);4-7H2,1-3H3;1-2H3;2-5H2,1H3;3H,2H2,1H3;1H4;1H/q;;+1;;;;;/p-1/i;;;;;3T;;. The lowest BCUT2D eigenvalue weighted by Crippen LogP contribution is -3.00. The second-order valence-electron chi connectivity index (χ2n) is 24.1. The van der Waals surface area contributed by atoms with Crippen LogP contribution >= 0.6 is 20.3 Å². The predicted octanol–water partition coefficient (Wildman–Crippen LogP) is 3.50. The van der Waals surface area contributed by atoms with Crippen LogP contribution in [0, 0.1) is 0 Å². The molecule has 1 unspecified atom stereocenters. The lowest BCUT2D eigenvalue weighted by molar-refractivity contribution is -0.121. The average Bonchev–Trinajstić information content (AvgIpc) is 0.810. The third kappa shape index (κ3) is 36.2. The zero-order valence-corrected chi connectivity index (χ0v) is 68.2. The summed E-state index contributed by atoms with van der Waals surface area (Å²) in [5.74, 6) is 4.57. The van der Waals surface area contributed by atoms with E-state index in [1.165, 1.54) is 71.1 Å². The van der Waals surface area contributed by atoms with Gasteiger partial charge in [0.15, 0.2) is 34.6 Å². The lowest BCUT2D eigenvalue weighted by atomic mass is 10.1. The van der Waals surface area contributed by atoms with Crippen LogP contribution in [0.5, 0.6) is 70.6 Å². The summed E-state index contributed by atoms with van der Waals surface area (Å²) in [6.45, 7) is 10.1. The maximum absolute atomic E-state index is 12.5. The van der Waals surface area contributed by atoms with Crippen LogP contribution in [-0.4, -0.2) is 253 Å². The fourth-order valence-electron chi connectivity index (χ4n) is 10.0. The fourth-order valence-corrected chi connectivity index (χ4v) is 10.2. The Morgan fingerprint density at radius 2 is 0.884 bits per heavy atom. The Kier molecular flexibility index (Phi) is 48.0. The Hall–Kier alpha value is -9.66. The Morgan fingerprint density at radius 3 is 1.23 bits per heavy atom. The number of likely N-dealkylation sites (N-methyl/N-ethyl adjacent to an activating group) is 2. The van der Waals surface area contributed by atoms with E-state index in [-0.39, 0.29) is 97.9 Å². The van der Waals surface area contributed by atoms with Crippen LogP contribution in [0.15, 0.2) is 36.7 Å². The molecule has 624 valence electrons. The molecule has 2 saturated heterocycles. The number of ether oxygens (including phenoxy) is 14. The molecule has 2 aromatic carbocycles. The van der Waals surface area contributed by atoms with Crippen molar-refractivity contribution in [3.05, 3.63) is 64.2 Å². The topological polar surface area (TPSA) is 502 Å². The van der Waals surface area contributed by atoms with E-state index in [1.54, 1.807) is 31.2 Å². The summed E-state index contributed by atoms with van der Waals surface area (Å²) >= 11 is 5.49. The third-order valence-corrected chi connectivity index (χ3v) is 16.2. The number of nitrogen functional groups attached to an aromatic ring is 4. The van der Waals surface area contributed by atoms with Crippen molar-refractivity contribution in [3.8, 4) is 70.6 Å². The largest absolute Gasteiger partial charge is 1.00 e. The SMILES string of the molecule is C.CN1CCOCC1.COc1cc(Cc2cnc(N)nc2N)cc(OC)c1OCC(=O)CCCCCCCN.COc1nc(Cl)nc(OC)n1.COc1nc(NCCCCCCCC(=O)COc2c(OC)cc(Cc3cnc(N)nc3N)cc2OC)nc(OC)n1.COc1nc(OC)nc([N+]2(C)CCOCC2)n1.[3H]P(C)N.[Cl-]. The Labute approximate surface area is 670 Å². The van der Waals surface area contributed by atoms with E-state index in [2.05, 4.69) is 89.1 Å². The second-order valence-corrected chi connectivity index (χ2v) is 25.0. The van der Waals surface area contributed by atoms with Gasteiger partial charge in [0.1, 0.15) is 37.9 Å². The molecule has 13 N–H and O–H groups in total. The predicted molar refractivity (Wildman–Crippen MR) is 426 cm³/mol. The number of carbonyl (C=O) groups excluding carboxylic acids is 2. The fraction of sp³-hybridized carbons (Fsp3) is 0.563. The van der Waals surface area contributed by atoms with Crippen LogP contribution in [0.1, 0.15) is 107 Å². The van der Waals surface area contributed by atoms with Gasteiger partial charge in [-0.05, 0) is 92.9 Å². The number of methoxy groups -OCH3 is 10. The van der Waals surface area contributed by atoms with E-state index in [9.17, 15) is 9.59 Å². The number of benzene rings is 2. The molecule has 0 spiro atoms. The number of nitrogens with one attached hydrogen (secondary N) is 1. The molecule has 112 heavy (non-hydrogen) atoms. The minimum absolute atomic E-state index is 0. The van der Waals surface area contributed by atoms with Gasteiger partial charge in [-0.25, -0.2) is 9.97 Å².